The van der Waals surface area contributed by atoms with Crippen molar-refractivity contribution in [2.45, 2.75) is 44.3 Å². The van der Waals surface area contributed by atoms with E-state index in [0.717, 1.165) is 18.4 Å². The van der Waals surface area contributed by atoms with Crippen LogP contribution in [0.15, 0.2) is 34.9 Å². The van der Waals surface area contributed by atoms with E-state index in [1.807, 2.05) is 30.3 Å². The second-order valence-electron chi connectivity index (χ2n) is 6.42. The van der Waals surface area contributed by atoms with Crippen molar-refractivity contribution in [3.8, 4) is 11.4 Å². The minimum Gasteiger partial charge on any atom is -0.346 e. The van der Waals surface area contributed by atoms with E-state index in [4.69, 9.17) is 4.52 Å². The predicted molar refractivity (Wildman–Crippen MR) is 87.4 cm³/mol. The van der Waals surface area contributed by atoms with E-state index in [2.05, 4.69) is 26.3 Å². The number of hydrogen-bond donors (Lipinski definition) is 3. The van der Waals surface area contributed by atoms with Crippen LogP contribution in [-0.4, -0.2) is 28.1 Å². The van der Waals surface area contributed by atoms with E-state index in [0.29, 0.717) is 23.7 Å². The number of rotatable bonds is 4. The van der Waals surface area contributed by atoms with E-state index in [9.17, 15) is 4.79 Å². The molecule has 1 aliphatic carbocycles. The Morgan fingerprint density at radius 1 is 1.21 bits per heavy atom. The molecule has 1 saturated carbocycles. The van der Waals surface area contributed by atoms with Gasteiger partial charge < -0.3 is 9.84 Å². The third kappa shape index (κ3) is 3.05. The highest BCUT2D eigenvalue weighted by molar-refractivity contribution is 5.82. The highest BCUT2D eigenvalue weighted by atomic mass is 16.5. The summed E-state index contributed by atoms with van der Waals surface area (Å²) in [5.74, 6) is 1.29. The SMILES string of the molecule is O=C(NCc1nc(-c2ccccc2)no1)C1NNC2CCCCC21. The fourth-order valence-corrected chi connectivity index (χ4v) is 3.61. The standard InChI is InChI=1S/C17H21N5O2/c23-17(15-12-8-4-5-9-13(12)20-21-15)18-10-14-19-16(22-24-14)11-6-2-1-3-7-11/h1-3,6-7,12-13,15,20-21H,4-5,8-10H2,(H,18,23). The van der Waals surface area contributed by atoms with Gasteiger partial charge in [0.05, 0.1) is 6.54 Å². The van der Waals surface area contributed by atoms with Gasteiger partial charge in [0.1, 0.15) is 6.04 Å². The van der Waals surface area contributed by atoms with Gasteiger partial charge in [-0.05, 0) is 12.8 Å². The number of hydrogen-bond acceptors (Lipinski definition) is 6. The van der Waals surface area contributed by atoms with Crippen LogP contribution in [0, 0.1) is 5.92 Å². The highest BCUT2D eigenvalue weighted by Gasteiger charge is 2.40. The molecule has 2 heterocycles. The molecule has 24 heavy (non-hydrogen) atoms. The summed E-state index contributed by atoms with van der Waals surface area (Å²) in [4.78, 5) is 16.8. The average Bonchev–Trinajstić information content (AvgIpc) is 3.27. The first-order chi connectivity index (χ1) is 11.8. The van der Waals surface area contributed by atoms with Crippen LogP contribution in [0.4, 0.5) is 0 Å². The lowest BCUT2D eigenvalue weighted by molar-refractivity contribution is -0.124. The number of nitrogens with one attached hydrogen (secondary N) is 3. The first kappa shape index (κ1) is 15.3. The number of nitrogens with zero attached hydrogens (tertiary/aromatic N) is 2. The van der Waals surface area contributed by atoms with Gasteiger partial charge in [-0.1, -0.05) is 48.3 Å². The normalized spacial score (nSPS) is 26.1. The van der Waals surface area contributed by atoms with Crippen LogP contribution in [-0.2, 0) is 11.3 Å². The largest absolute Gasteiger partial charge is 0.346 e. The zero-order chi connectivity index (χ0) is 16.4. The summed E-state index contributed by atoms with van der Waals surface area (Å²) in [5, 5.41) is 6.86. The maximum absolute atomic E-state index is 12.4. The van der Waals surface area contributed by atoms with E-state index < -0.39 is 0 Å². The van der Waals surface area contributed by atoms with Crippen molar-refractivity contribution < 1.29 is 9.32 Å². The van der Waals surface area contributed by atoms with Gasteiger partial charge in [-0.3, -0.25) is 10.2 Å². The van der Waals surface area contributed by atoms with Crippen molar-refractivity contribution in [3.05, 3.63) is 36.2 Å². The van der Waals surface area contributed by atoms with Gasteiger partial charge in [0.2, 0.25) is 17.6 Å². The highest BCUT2D eigenvalue weighted by Crippen LogP contribution is 2.30. The van der Waals surface area contributed by atoms with Gasteiger partial charge in [-0.2, -0.15) is 4.98 Å². The summed E-state index contributed by atoms with van der Waals surface area (Å²) in [6.45, 7) is 0.244. The van der Waals surface area contributed by atoms with E-state index in [1.54, 1.807) is 0 Å². The Morgan fingerprint density at radius 3 is 2.92 bits per heavy atom. The summed E-state index contributed by atoms with van der Waals surface area (Å²) in [5.41, 5.74) is 7.28. The van der Waals surface area contributed by atoms with Crippen LogP contribution in [0.3, 0.4) is 0 Å². The van der Waals surface area contributed by atoms with Crippen molar-refractivity contribution in [1.29, 1.82) is 0 Å². The fraction of sp³-hybridized carbons (Fsp3) is 0.471. The topological polar surface area (TPSA) is 92.1 Å². The van der Waals surface area contributed by atoms with E-state index in [-0.39, 0.29) is 18.5 Å². The molecule has 2 aromatic rings. The molecular weight excluding hydrogens is 306 g/mol. The van der Waals surface area contributed by atoms with Crippen molar-refractivity contribution in [3.63, 3.8) is 0 Å². The van der Waals surface area contributed by atoms with Gasteiger partial charge >= 0.3 is 0 Å². The van der Waals surface area contributed by atoms with Crippen LogP contribution in [0.5, 0.6) is 0 Å². The fourth-order valence-electron chi connectivity index (χ4n) is 3.61. The molecule has 0 radical (unpaired) electrons. The molecule has 2 aliphatic rings. The molecule has 1 amide bonds. The Morgan fingerprint density at radius 2 is 2.04 bits per heavy atom. The zero-order valence-electron chi connectivity index (χ0n) is 13.4. The van der Waals surface area contributed by atoms with Crippen molar-refractivity contribution in [2.24, 2.45) is 5.92 Å². The van der Waals surface area contributed by atoms with Gasteiger partial charge in [0.15, 0.2) is 0 Å². The lowest BCUT2D eigenvalue weighted by atomic mass is 9.81. The molecule has 1 aliphatic heterocycles. The van der Waals surface area contributed by atoms with E-state index in [1.165, 1.54) is 12.8 Å². The third-order valence-corrected chi connectivity index (χ3v) is 4.87. The van der Waals surface area contributed by atoms with Gasteiger partial charge in [-0.15, -0.1) is 0 Å². The number of aromatic nitrogens is 2. The minimum atomic E-state index is -0.188. The van der Waals surface area contributed by atoms with Crippen LogP contribution >= 0.6 is 0 Å². The molecule has 4 rings (SSSR count). The number of carbonyl (C=O) groups is 1. The van der Waals surface area contributed by atoms with Gasteiger partial charge in [0, 0.05) is 17.5 Å². The average molecular weight is 327 g/mol. The Kier molecular flexibility index (Phi) is 4.27. The molecule has 3 N–H and O–H groups in total. The van der Waals surface area contributed by atoms with Crippen molar-refractivity contribution in [2.75, 3.05) is 0 Å². The minimum absolute atomic E-state index is 0.0173. The molecule has 1 saturated heterocycles. The van der Waals surface area contributed by atoms with Crippen LogP contribution < -0.4 is 16.2 Å². The molecule has 3 atom stereocenters. The molecule has 1 aromatic carbocycles. The number of carbonyl (C=O) groups excluding carboxylic acids is 1. The van der Waals surface area contributed by atoms with E-state index >= 15 is 0 Å². The molecule has 7 heteroatoms. The van der Waals surface area contributed by atoms with Gasteiger partial charge in [-0.25, -0.2) is 5.43 Å². The Labute approximate surface area is 140 Å². The smallest absolute Gasteiger partial charge is 0.246 e. The lowest BCUT2D eigenvalue weighted by Crippen LogP contribution is -2.45. The Bertz CT molecular complexity index is 702. The maximum atomic E-state index is 12.4. The zero-order valence-corrected chi connectivity index (χ0v) is 13.4. The van der Waals surface area contributed by atoms with Crippen LogP contribution in [0.2, 0.25) is 0 Å². The van der Waals surface area contributed by atoms with Crippen molar-refractivity contribution in [1.82, 2.24) is 26.3 Å². The summed E-state index contributed by atoms with van der Waals surface area (Å²) in [7, 11) is 0. The Hall–Kier alpha value is -2.25. The second kappa shape index (κ2) is 6.70. The molecule has 1 aromatic heterocycles. The summed E-state index contributed by atoms with van der Waals surface area (Å²) < 4.78 is 5.23. The number of fused-ring (bicyclic) bond motifs is 1. The second-order valence-corrected chi connectivity index (χ2v) is 6.42. The lowest BCUT2D eigenvalue weighted by Gasteiger charge is -2.26. The summed E-state index contributed by atoms with van der Waals surface area (Å²) >= 11 is 0. The van der Waals surface area contributed by atoms with Gasteiger partial charge in [0.25, 0.3) is 0 Å². The molecule has 0 spiro atoms. The van der Waals surface area contributed by atoms with Crippen LogP contribution in [0.25, 0.3) is 11.4 Å². The summed E-state index contributed by atoms with van der Waals surface area (Å²) in [6.07, 6.45) is 4.64. The third-order valence-electron chi connectivity index (χ3n) is 4.87. The summed E-state index contributed by atoms with van der Waals surface area (Å²) in [6, 6.07) is 9.84. The molecule has 7 nitrogen and oxygen atoms in total. The Balaban J connectivity index is 1.35. The molecule has 0 bridgehead atoms. The van der Waals surface area contributed by atoms with Crippen molar-refractivity contribution >= 4 is 5.91 Å². The molecule has 2 fully saturated rings. The molecular formula is C17H21N5O2. The molecule has 126 valence electrons. The quantitative estimate of drug-likeness (QED) is 0.786. The maximum Gasteiger partial charge on any atom is 0.246 e. The number of amides is 1. The monoisotopic (exact) mass is 327 g/mol. The number of hydrazine groups is 1. The predicted octanol–water partition coefficient (Wildman–Crippen LogP) is 1.39. The van der Waals surface area contributed by atoms with Crippen LogP contribution in [0.1, 0.15) is 31.6 Å². The first-order valence-electron chi connectivity index (χ1n) is 8.48. The number of benzene rings is 1. The first-order valence-corrected chi connectivity index (χ1v) is 8.48. The molecule has 3 unspecified atom stereocenters.